The number of esters is 1. The molecule has 0 spiro atoms. The van der Waals surface area contributed by atoms with Crippen LogP contribution in [-0.2, 0) is 17.9 Å². The molecule has 0 aliphatic rings. The zero-order valence-corrected chi connectivity index (χ0v) is 15.0. The molecule has 0 aliphatic heterocycles. The Morgan fingerprint density at radius 2 is 1.93 bits per heavy atom. The van der Waals surface area contributed by atoms with Gasteiger partial charge in [0.1, 0.15) is 12.3 Å². The molecular formula is C20H18N4O3. The molecule has 0 aliphatic carbocycles. The van der Waals surface area contributed by atoms with E-state index in [1.54, 1.807) is 31.2 Å². The Labute approximate surface area is 154 Å². The standard InChI is InChI=1S/C20H18N4O3/c1-3-24-19(25)16-9-5-4-8-15(16)17(22-24)20(26)27-12-14-11-23-10-6-7-13(2)18(23)21-14/h4-11H,3,12H2,1-2H3. The highest BCUT2D eigenvalue weighted by molar-refractivity contribution is 6.02. The number of fused-ring (bicyclic) bond motifs is 2. The van der Waals surface area contributed by atoms with Gasteiger partial charge in [-0.1, -0.05) is 24.3 Å². The largest absolute Gasteiger partial charge is 0.454 e. The first-order chi connectivity index (χ1) is 13.1. The quantitative estimate of drug-likeness (QED) is 0.522. The van der Waals surface area contributed by atoms with E-state index in [1.807, 2.05) is 35.9 Å². The third-order valence-corrected chi connectivity index (χ3v) is 4.44. The second kappa shape index (κ2) is 6.68. The van der Waals surface area contributed by atoms with Gasteiger partial charge in [-0.25, -0.2) is 14.5 Å². The molecule has 4 aromatic rings. The number of hydrogen-bond donors (Lipinski definition) is 0. The number of nitrogens with zero attached hydrogens (tertiary/aromatic N) is 4. The fourth-order valence-electron chi connectivity index (χ4n) is 3.08. The van der Waals surface area contributed by atoms with Crippen molar-refractivity contribution in [2.45, 2.75) is 27.0 Å². The van der Waals surface area contributed by atoms with E-state index in [4.69, 9.17) is 4.74 Å². The van der Waals surface area contributed by atoms with Crippen molar-refractivity contribution in [2.75, 3.05) is 0 Å². The Kier molecular flexibility index (Phi) is 4.19. The molecule has 0 saturated heterocycles. The maximum atomic E-state index is 12.7. The van der Waals surface area contributed by atoms with Crippen LogP contribution >= 0.6 is 0 Å². The first-order valence-electron chi connectivity index (χ1n) is 8.68. The second-order valence-corrected chi connectivity index (χ2v) is 6.25. The van der Waals surface area contributed by atoms with Crippen molar-refractivity contribution in [2.24, 2.45) is 0 Å². The van der Waals surface area contributed by atoms with Gasteiger partial charge < -0.3 is 9.14 Å². The van der Waals surface area contributed by atoms with Gasteiger partial charge in [-0.15, -0.1) is 0 Å². The van der Waals surface area contributed by atoms with Crippen LogP contribution in [0.2, 0.25) is 0 Å². The Hall–Kier alpha value is -3.48. The zero-order valence-electron chi connectivity index (χ0n) is 15.0. The number of aryl methyl sites for hydroxylation is 2. The Balaban J connectivity index is 1.65. The van der Waals surface area contributed by atoms with E-state index in [9.17, 15) is 9.59 Å². The van der Waals surface area contributed by atoms with Crippen LogP contribution in [0, 0.1) is 6.92 Å². The molecule has 0 saturated carbocycles. The molecule has 0 unspecified atom stereocenters. The Bertz CT molecular complexity index is 1220. The van der Waals surface area contributed by atoms with Crippen molar-refractivity contribution in [3.05, 3.63) is 76.1 Å². The van der Waals surface area contributed by atoms with Gasteiger partial charge in [-0.2, -0.15) is 5.10 Å². The van der Waals surface area contributed by atoms with Gasteiger partial charge in [0.05, 0.1) is 11.1 Å². The molecule has 3 heterocycles. The maximum absolute atomic E-state index is 12.7. The van der Waals surface area contributed by atoms with Gasteiger partial charge in [-0.05, 0) is 31.5 Å². The summed E-state index contributed by atoms with van der Waals surface area (Å²) in [6.07, 6.45) is 3.72. The number of ether oxygens (including phenoxy) is 1. The lowest BCUT2D eigenvalue weighted by atomic mass is 10.1. The van der Waals surface area contributed by atoms with Crippen molar-refractivity contribution in [1.29, 1.82) is 0 Å². The molecule has 4 rings (SSSR count). The van der Waals surface area contributed by atoms with E-state index >= 15 is 0 Å². The van der Waals surface area contributed by atoms with Gasteiger partial charge in [0.2, 0.25) is 0 Å². The summed E-state index contributed by atoms with van der Waals surface area (Å²) in [5, 5.41) is 5.13. The maximum Gasteiger partial charge on any atom is 0.359 e. The molecule has 3 aromatic heterocycles. The first kappa shape index (κ1) is 17.0. The summed E-state index contributed by atoms with van der Waals surface area (Å²) >= 11 is 0. The number of hydrogen-bond acceptors (Lipinski definition) is 5. The van der Waals surface area contributed by atoms with Crippen LogP contribution in [0.5, 0.6) is 0 Å². The average molecular weight is 362 g/mol. The van der Waals surface area contributed by atoms with E-state index in [1.165, 1.54) is 4.68 Å². The highest BCUT2D eigenvalue weighted by Crippen LogP contribution is 2.16. The number of aromatic nitrogens is 4. The lowest BCUT2D eigenvalue weighted by molar-refractivity contribution is 0.0461. The minimum Gasteiger partial charge on any atom is -0.454 e. The van der Waals surface area contributed by atoms with Gasteiger partial charge in [0, 0.05) is 24.3 Å². The molecule has 0 N–H and O–H groups in total. The number of imidazole rings is 1. The summed E-state index contributed by atoms with van der Waals surface area (Å²) in [6, 6.07) is 10.8. The Morgan fingerprint density at radius 3 is 2.67 bits per heavy atom. The van der Waals surface area contributed by atoms with Gasteiger partial charge in [-0.3, -0.25) is 4.79 Å². The molecular weight excluding hydrogens is 344 g/mol. The summed E-state index contributed by atoms with van der Waals surface area (Å²) in [7, 11) is 0. The molecule has 136 valence electrons. The van der Waals surface area contributed by atoms with Crippen molar-refractivity contribution in [1.82, 2.24) is 19.2 Å². The third kappa shape index (κ3) is 2.97. The average Bonchev–Trinajstić information content (AvgIpc) is 3.11. The summed E-state index contributed by atoms with van der Waals surface area (Å²) in [5.41, 5.74) is 2.42. The number of carbonyl (C=O) groups is 1. The highest BCUT2D eigenvalue weighted by Gasteiger charge is 2.18. The number of carbonyl (C=O) groups excluding carboxylic acids is 1. The molecule has 7 nitrogen and oxygen atoms in total. The fourth-order valence-corrected chi connectivity index (χ4v) is 3.08. The number of rotatable bonds is 4. The SMILES string of the molecule is CCn1nc(C(=O)OCc2cn3cccc(C)c3n2)c2ccccc2c1=O. The normalized spacial score (nSPS) is 11.2. The second-order valence-electron chi connectivity index (χ2n) is 6.25. The predicted octanol–water partition coefficient (Wildman–Crippen LogP) is 2.73. The van der Waals surface area contributed by atoms with E-state index < -0.39 is 5.97 Å². The lowest BCUT2D eigenvalue weighted by Gasteiger charge is -2.09. The predicted molar refractivity (Wildman–Crippen MR) is 101 cm³/mol. The number of pyridine rings is 1. The van der Waals surface area contributed by atoms with Crippen molar-refractivity contribution >= 4 is 22.4 Å². The molecule has 0 fully saturated rings. The minimum absolute atomic E-state index is 0.0290. The molecule has 27 heavy (non-hydrogen) atoms. The van der Waals surface area contributed by atoms with Crippen LogP contribution in [0.1, 0.15) is 28.7 Å². The first-order valence-corrected chi connectivity index (χ1v) is 8.68. The van der Waals surface area contributed by atoms with Crippen LogP contribution in [-0.4, -0.2) is 25.1 Å². The molecule has 0 amide bonds. The highest BCUT2D eigenvalue weighted by atomic mass is 16.5. The fraction of sp³-hybridized carbons (Fsp3) is 0.200. The van der Waals surface area contributed by atoms with Crippen LogP contribution in [0.25, 0.3) is 16.4 Å². The summed E-state index contributed by atoms with van der Waals surface area (Å²) < 4.78 is 8.60. The van der Waals surface area contributed by atoms with Crippen LogP contribution < -0.4 is 5.56 Å². The molecule has 0 radical (unpaired) electrons. The molecule has 1 aromatic carbocycles. The van der Waals surface area contributed by atoms with E-state index in [0.29, 0.717) is 23.0 Å². The van der Waals surface area contributed by atoms with Crippen molar-refractivity contribution < 1.29 is 9.53 Å². The zero-order chi connectivity index (χ0) is 19.0. The third-order valence-electron chi connectivity index (χ3n) is 4.44. The van der Waals surface area contributed by atoms with Gasteiger partial charge >= 0.3 is 5.97 Å². The van der Waals surface area contributed by atoms with E-state index in [-0.39, 0.29) is 17.9 Å². The van der Waals surface area contributed by atoms with Crippen LogP contribution in [0.15, 0.2) is 53.6 Å². The molecule has 0 atom stereocenters. The van der Waals surface area contributed by atoms with Gasteiger partial charge in [0.25, 0.3) is 5.56 Å². The monoisotopic (exact) mass is 362 g/mol. The smallest absolute Gasteiger partial charge is 0.359 e. The molecule has 0 bridgehead atoms. The van der Waals surface area contributed by atoms with Crippen LogP contribution in [0.4, 0.5) is 0 Å². The van der Waals surface area contributed by atoms with Crippen LogP contribution in [0.3, 0.4) is 0 Å². The van der Waals surface area contributed by atoms with E-state index in [0.717, 1.165) is 11.2 Å². The van der Waals surface area contributed by atoms with E-state index in [2.05, 4.69) is 10.1 Å². The van der Waals surface area contributed by atoms with Gasteiger partial charge in [0.15, 0.2) is 5.69 Å². The Morgan fingerprint density at radius 1 is 1.15 bits per heavy atom. The van der Waals surface area contributed by atoms with Crippen molar-refractivity contribution in [3.63, 3.8) is 0 Å². The topological polar surface area (TPSA) is 78.5 Å². The number of benzene rings is 1. The minimum atomic E-state index is -0.581. The summed E-state index contributed by atoms with van der Waals surface area (Å²) in [4.78, 5) is 29.5. The van der Waals surface area contributed by atoms with Crippen molar-refractivity contribution in [3.8, 4) is 0 Å². The molecule has 7 heteroatoms. The summed E-state index contributed by atoms with van der Waals surface area (Å²) in [6.45, 7) is 4.18. The summed E-state index contributed by atoms with van der Waals surface area (Å²) in [5.74, 6) is -0.581. The lowest BCUT2D eigenvalue weighted by Crippen LogP contribution is -2.25.